The second-order valence-corrected chi connectivity index (χ2v) is 7.27. The summed E-state index contributed by atoms with van der Waals surface area (Å²) in [5, 5.41) is 11.0. The predicted octanol–water partition coefficient (Wildman–Crippen LogP) is 4.32. The van der Waals surface area contributed by atoms with E-state index in [4.69, 9.17) is 9.98 Å². The summed E-state index contributed by atoms with van der Waals surface area (Å²) < 4.78 is 0. The van der Waals surface area contributed by atoms with Gasteiger partial charge < -0.3 is 15.1 Å². The zero-order valence-corrected chi connectivity index (χ0v) is 16.2. The van der Waals surface area contributed by atoms with Crippen molar-refractivity contribution < 1.29 is 5.11 Å². The van der Waals surface area contributed by atoms with E-state index in [0.717, 1.165) is 34.2 Å². The minimum Gasteiger partial charge on any atom is -0.504 e. The molecule has 0 spiro atoms. The van der Waals surface area contributed by atoms with Gasteiger partial charge in [-0.05, 0) is 66.8 Å². The molecular weight excluding hydrogens is 388 g/mol. The summed E-state index contributed by atoms with van der Waals surface area (Å²) in [6, 6.07) is 4.00. The van der Waals surface area contributed by atoms with Gasteiger partial charge in [-0.2, -0.15) is 0 Å². The summed E-state index contributed by atoms with van der Waals surface area (Å²) in [4.78, 5) is 24.6. The number of nitrogens with one attached hydrogen (secondary N) is 2. The third-order valence-electron chi connectivity index (χ3n) is 5.11. The Labute approximate surface area is 177 Å². The van der Waals surface area contributed by atoms with Crippen LogP contribution in [0.3, 0.4) is 0 Å². The van der Waals surface area contributed by atoms with E-state index >= 15 is 0 Å². The van der Waals surface area contributed by atoms with E-state index in [-0.39, 0.29) is 5.76 Å². The van der Waals surface area contributed by atoms with Gasteiger partial charge in [0.25, 0.3) is 0 Å². The van der Waals surface area contributed by atoms with Crippen LogP contribution in [0.2, 0.25) is 0 Å². The molecule has 0 unspecified atom stereocenters. The van der Waals surface area contributed by atoms with Crippen molar-refractivity contribution in [3.8, 4) is 0 Å². The van der Waals surface area contributed by atoms with E-state index in [1.807, 2.05) is 66.8 Å². The van der Waals surface area contributed by atoms with Gasteiger partial charge in [0.15, 0.2) is 11.6 Å². The molecule has 4 aliphatic rings. The number of aliphatic hydroxyl groups is 1. The summed E-state index contributed by atoms with van der Waals surface area (Å²) in [5.41, 5.74) is 6.82. The normalized spacial score (nSPS) is 20.3. The molecule has 0 aromatic carbocycles. The number of hydrogen-bond donors (Lipinski definition) is 3. The Morgan fingerprint density at radius 1 is 0.742 bits per heavy atom. The number of hydrogen-bond acceptors (Lipinski definition) is 5. The van der Waals surface area contributed by atoms with Gasteiger partial charge in [0.1, 0.15) is 0 Å². The van der Waals surface area contributed by atoms with Crippen LogP contribution in [0.5, 0.6) is 0 Å². The van der Waals surface area contributed by atoms with E-state index < -0.39 is 0 Å². The molecule has 2 aromatic heterocycles. The number of H-pyrrole nitrogens is 2. The zero-order chi connectivity index (χ0) is 20.8. The highest BCUT2D eigenvalue weighted by molar-refractivity contribution is 6.36. The molecule has 0 saturated carbocycles. The van der Waals surface area contributed by atoms with E-state index in [1.165, 1.54) is 0 Å². The fraction of sp³-hybridized carbons (Fsp3) is 0. The molecule has 7 heteroatoms. The lowest BCUT2D eigenvalue weighted by Crippen LogP contribution is -2.11. The number of imidazole rings is 1. The Hall–Kier alpha value is -4.52. The molecule has 8 bridgehead atoms. The van der Waals surface area contributed by atoms with Crippen molar-refractivity contribution in [2.24, 2.45) is 15.0 Å². The monoisotopic (exact) mass is 404 g/mol. The molecule has 2 aromatic rings. The average molecular weight is 404 g/mol. The van der Waals surface area contributed by atoms with E-state index in [9.17, 15) is 5.11 Å². The highest BCUT2D eigenvalue weighted by Gasteiger charge is 2.23. The smallest absolute Gasteiger partial charge is 0.173 e. The van der Waals surface area contributed by atoms with Gasteiger partial charge in [0.05, 0.1) is 39.8 Å². The van der Waals surface area contributed by atoms with Gasteiger partial charge >= 0.3 is 0 Å². The molecule has 0 fully saturated rings. The Balaban J connectivity index is 1.57. The molecule has 6 rings (SSSR count). The fourth-order valence-corrected chi connectivity index (χ4v) is 3.71. The zero-order valence-electron chi connectivity index (χ0n) is 16.2. The first kappa shape index (κ1) is 17.3. The van der Waals surface area contributed by atoms with E-state index in [0.29, 0.717) is 22.8 Å². The van der Waals surface area contributed by atoms with Crippen LogP contribution >= 0.6 is 0 Å². The van der Waals surface area contributed by atoms with E-state index in [1.54, 1.807) is 12.4 Å². The molecule has 0 amide bonds. The number of aliphatic imine (C=N–C) groups is 3. The number of rotatable bonds is 1. The first-order valence-corrected chi connectivity index (χ1v) is 9.79. The highest BCUT2D eigenvalue weighted by Crippen LogP contribution is 2.27. The molecule has 0 radical (unpaired) electrons. The number of aromatic amines is 2. The first-order valence-electron chi connectivity index (χ1n) is 9.79. The lowest BCUT2D eigenvalue weighted by molar-refractivity contribution is 0.505. The molecule has 0 atom stereocenters. The topological polar surface area (TPSA) is 102 Å². The maximum absolute atomic E-state index is 11.0. The lowest BCUT2D eigenvalue weighted by Gasteiger charge is -2.07. The van der Waals surface area contributed by atoms with Crippen molar-refractivity contribution in [3.63, 3.8) is 0 Å². The summed E-state index contributed by atoms with van der Waals surface area (Å²) in [7, 11) is 0. The van der Waals surface area contributed by atoms with Gasteiger partial charge in [-0.15, -0.1) is 0 Å². The minimum atomic E-state index is -0.00843. The molecule has 4 aliphatic heterocycles. The molecule has 7 nitrogen and oxygen atoms in total. The van der Waals surface area contributed by atoms with Crippen molar-refractivity contribution >= 4 is 35.0 Å². The number of fused-ring (bicyclic) bond motifs is 5. The third kappa shape index (κ3) is 3.18. The molecule has 148 valence electrons. The standard InChI is InChI=1S/C24H16N6O/c31-23(24-25-9-10-26-24)22-20-7-5-18(29-20)12-16-3-1-14(27-16)11-15-2-4-17(28-15)13-19-6-8-21(22)30-19/h1-13,27,31H,(H,25,26). The molecule has 6 heterocycles. The largest absolute Gasteiger partial charge is 0.504 e. The molecule has 0 aliphatic carbocycles. The van der Waals surface area contributed by atoms with Gasteiger partial charge in [-0.25, -0.2) is 20.0 Å². The van der Waals surface area contributed by atoms with Crippen LogP contribution in [-0.4, -0.2) is 37.2 Å². The fourth-order valence-electron chi connectivity index (χ4n) is 3.71. The van der Waals surface area contributed by atoms with Crippen LogP contribution < -0.4 is 0 Å². The predicted molar refractivity (Wildman–Crippen MR) is 123 cm³/mol. The number of aliphatic hydroxyl groups excluding tert-OH is 1. The van der Waals surface area contributed by atoms with Crippen molar-refractivity contribution in [1.82, 2.24) is 15.0 Å². The van der Waals surface area contributed by atoms with Gasteiger partial charge in [-0.1, -0.05) is 0 Å². The van der Waals surface area contributed by atoms with Crippen LogP contribution in [0.4, 0.5) is 0 Å². The SMILES string of the molecule is OC(=C1C2=NC(=CC3=NC(=Cc4ccc([nH]4)C=C4C=CC1=N4)C=C3)C=C2)c1ncc[nH]1. The third-order valence-corrected chi connectivity index (χ3v) is 5.11. The number of nitrogens with zero attached hydrogens (tertiary/aromatic N) is 4. The van der Waals surface area contributed by atoms with Crippen molar-refractivity contribution in [2.75, 3.05) is 0 Å². The van der Waals surface area contributed by atoms with Crippen LogP contribution in [0.25, 0.3) is 17.9 Å². The summed E-state index contributed by atoms with van der Waals surface area (Å²) in [6.07, 6.45) is 20.6. The maximum atomic E-state index is 11.0. The Bertz CT molecular complexity index is 1410. The Morgan fingerprint density at radius 2 is 1.39 bits per heavy atom. The summed E-state index contributed by atoms with van der Waals surface area (Å²) in [6.45, 7) is 0. The average Bonchev–Trinajstić information content (AvgIpc) is 3.55. The number of aromatic nitrogens is 3. The quantitative estimate of drug-likeness (QED) is 0.617. The van der Waals surface area contributed by atoms with Crippen molar-refractivity contribution in [2.45, 2.75) is 0 Å². The second kappa shape index (κ2) is 6.77. The summed E-state index contributed by atoms with van der Waals surface area (Å²) >= 11 is 0. The van der Waals surface area contributed by atoms with Crippen LogP contribution in [0.1, 0.15) is 17.2 Å². The molecule has 3 N–H and O–H groups in total. The second-order valence-electron chi connectivity index (χ2n) is 7.27. The number of allylic oxidation sites excluding steroid dienone is 8. The molecule has 0 saturated heterocycles. The maximum Gasteiger partial charge on any atom is 0.173 e. The first-order chi connectivity index (χ1) is 15.2. The van der Waals surface area contributed by atoms with Gasteiger partial charge in [-0.3, -0.25) is 0 Å². The minimum absolute atomic E-state index is 0.00843. The van der Waals surface area contributed by atoms with Crippen molar-refractivity contribution in [3.05, 3.63) is 107 Å². The highest BCUT2D eigenvalue weighted by atomic mass is 16.3. The van der Waals surface area contributed by atoms with Crippen LogP contribution in [-0.2, 0) is 0 Å². The van der Waals surface area contributed by atoms with Gasteiger partial charge in [0.2, 0.25) is 0 Å². The van der Waals surface area contributed by atoms with Gasteiger partial charge in [0, 0.05) is 23.8 Å². The summed E-state index contributed by atoms with van der Waals surface area (Å²) in [5.74, 6) is 0.351. The Kier molecular flexibility index (Phi) is 3.79. The molecular formula is C24H16N6O. The lowest BCUT2D eigenvalue weighted by atomic mass is 10.0. The molecule has 31 heavy (non-hydrogen) atoms. The Morgan fingerprint density at radius 3 is 2.06 bits per heavy atom. The van der Waals surface area contributed by atoms with Crippen molar-refractivity contribution in [1.29, 1.82) is 0 Å². The van der Waals surface area contributed by atoms with Crippen LogP contribution in [0, 0.1) is 0 Å². The van der Waals surface area contributed by atoms with Crippen LogP contribution in [0.15, 0.2) is 105 Å². The van der Waals surface area contributed by atoms with E-state index in [2.05, 4.69) is 19.9 Å².